The predicted octanol–water partition coefficient (Wildman–Crippen LogP) is -3.00. The maximum Gasteiger partial charge on any atom is 0.362 e. The Balaban J connectivity index is 1.47. The lowest BCUT2D eigenvalue weighted by Crippen LogP contribution is -2.73. The average molecular weight is 630 g/mol. The number of hydrogen-bond acceptors (Lipinski definition) is 14. The number of rotatable bonds is 14. The van der Waals surface area contributed by atoms with Crippen LogP contribution >= 0.6 is 11.3 Å². The van der Waals surface area contributed by atoms with E-state index in [9.17, 15) is 37.3 Å². The summed E-state index contributed by atoms with van der Waals surface area (Å²) >= 11 is 0.955. The van der Waals surface area contributed by atoms with Crippen LogP contribution in [0.3, 0.4) is 0 Å². The number of nitrogens with zero attached hydrogens (tertiary/aromatic N) is 6. The van der Waals surface area contributed by atoms with Crippen molar-refractivity contribution in [3.8, 4) is 0 Å². The van der Waals surface area contributed by atoms with Crippen LogP contribution in [0.25, 0.3) is 0 Å². The normalized spacial score (nSPS) is 19.5. The zero-order valence-electron chi connectivity index (χ0n) is 21.7. The van der Waals surface area contributed by atoms with Crippen molar-refractivity contribution in [3.63, 3.8) is 0 Å². The van der Waals surface area contributed by atoms with Crippen molar-refractivity contribution in [3.05, 3.63) is 23.0 Å². The van der Waals surface area contributed by atoms with Gasteiger partial charge in [0.05, 0.1) is 19.3 Å². The lowest BCUT2D eigenvalue weighted by Gasteiger charge is -2.43. The number of oxime groups is 1. The molecule has 22 heteroatoms. The molecule has 2 aromatic rings. The smallest absolute Gasteiger partial charge is 0.362 e. The molecule has 0 spiro atoms. The third-order valence-electron chi connectivity index (χ3n) is 6.12. The standard InChI is InChI=1S/C20H27N11O9S2/c21-4-1-5-23-19(36)24-6-10-7-25-30(28-10)8-12-14(16(33)31(12)42(37,38)39)27-15(32)13(11-9-41-18(22)26-11)29-40-20(2-3-20)17(34)35/h7,9,12,14H,1-6,8,21H2,(H2,22,26)(H,27,32)(H,34,35)(H2,23,24,36)(H,37,38,39)/b29-13-/t12-,14+/m1/s1. The molecule has 2 atom stereocenters. The Morgan fingerprint density at radius 3 is 2.62 bits per heavy atom. The highest BCUT2D eigenvalue weighted by Gasteiger charge is 2.56. The number of carbonyl (C=O) groups excluding carboxylic acids is 3. The zero-order chi connectivity index (χ0) is 30.7. The van der Waals surface area contributed by atoms with E-state index in [0.29, 0.717) is 19.5 Å². The predicted molar refractivity (Wildman–Crippen MR) is 142 cm³/mol. The van der Waals surface area contributed by atoms with E-state index in [0.717, 1.165) is 16.1 Å². The van der Waals surface area contributed by atoms with Gasteiger partial charge in [0.25, 0.3) is 11.8 Å². The van der Waals surface area contributed by atoms with Crippen molar-refractivity contribution in [2.45, 2.75) is 50.0 Å². The minimum atomic E-state index is -5.04. The van der Waals surface area contributed by atoms with Gasteiger partial charge in [-0.05, 0) is 13.0 Å². The quantitative estimate of drug-likeness (QED) is 0.0360. The molecule has 3 heterocycles. The van der Waals surface area contributed by atoms with E-state index < -0.39 is 64.1 Å². The summed E-state index contributed by atoms with van der Waals surface area (Å²) in [4.78, 5) is 59.2. The first-order valence-corrected chi connectivity index (χ1v) is 14.6. The van der Waals surface area contributed by atoms with Gasteiger partial charge in [-0.2, -0.15) is 23.4 Å². The maximum absolute atomic E-state index is 13.2. The van der Waals surface area contributed by atoms with E-state index in [4.69, 9.17) is 16.3 Å². The number of β-lactam (4-membered cyclic amide) rings is 1. The van der Waals surface area contributed by atoms with Crippen LogP contribution in [0.1, 0.15) is 30.7 Å². The SMILES string of the molecule is NCCCNC(=O)NCc1cnn(C[C@@H]2[C@H](NC(=O)/C(=N\OC3(C(=O)O)CC3)c3csc(N)n3)C(=O)N2S(=O)(=O)O)n1. The minimum absolute atomic E-state index is 0.0331. The van der Waals surface area contributed by atoms with Gasteiger partial charge in [-0.15, -0.1) is 11.3 Å². The molecule has 1 aliphatic heterocycles. The summed E-state index contributed by atoms with van der Waals surface area (Å²) in [5, 5.41) is 30.0. The Hall–Kier alpha value is -4.41. The second-order valence-corrected chi connectivity index (χ2v) is 11.4. The molecule has 2 fully saturated rings. The number of thiazole rings is 1. The molecule has 2 aliphatic rings. The maximum atomic E-state index is 13.2. The largest absolute Gasteiger partial charge is 0.478 e. The molecule has 2 aromatic heterocycles. The number of aromatic nitrogens is 4. The van der Waals surface area contributed by atoms with E-state index in [-0.39, 0.29) is 40.2 Å². The number of urea groups is 1. The average Bonchev–Trinajstić information content (AvgIpc) is 3.38. The van der Waals surface area contributed by atoms with Crippen molar-refractivity contribution in [2.75, 3.05) is 18.8 Å². The minimum Gasteiger partial charge on any atom is -0.478 e. The molecule has 1 saturated carbocycles. The highest BCUT2D eigenvalue weighted by molar-refractivity contribution is 7.84. The Kier molecular flexibility index (Phi) is 8.89. The van der Waals surface area contributed by atoms with Crippen LogP contribution in [0.4, 0.5) is 9.93 Å². The fourth-order valence-electron chi connectivity index (χ4n) is 3.75. The van der Waals surface area contributed by atoms with Crippen LogP contribution in [0.2, 0.25) is 0 Å². The molecule has 0 radical (unpaired) electrons. The number of nitrogens with one attached hydrogen (secondary N) is 3. The van der Waals surface area contributed by atoms with Gasteiger partial charge in [-0.25, -0.2) is 18.9 Å². The van der Waals surface area contributed by atoms with E-state index in [2.05, 4.69) is 36.3 Å². The summed E-state index contributed by atoms with van der Waals surface area (Å²) in [6.45, 7) is 0.355. The Bertz CT molecular complexity index is 1500. The number of hydrogen-bond donors (Lipinski definition) is 7. The number of carboxylic acids is 1. The zero-order valence-corrected chi connectivity index (χ0v) is 23.3. The molecule has 0 unspecified atom stereocenters. The lowest BCUT2D eigenvalue weighted by molar-refractivity contribution is -0.153. The van der Waals surface area contributed by atoms with E-state index >= 15 is 0 Å². The fourth-order valence-corrected chi connectivity index (χ4v) is 5.17. The third kappa shape index (κ3) is 6.89. The van der Waals surface area contributed by atoms with Crippen LogP contribution in [0.5, 0.6) is 0 Å². The van der Waals surface area contributed by atoms with Gasteiger partial charge in [-0.3, -0.25) is 14.1 Å². The molecule has 0 bridgehead atoms. The highest BCUT2D eigenvalue weighted by atomic mass is 32.2. The molecule has 228 valence electrons. The molecule has 42 heavy (non-hydrogen) atoms. The topological polar surface area (TPSA) is 299 Å². The molecule has 1 aliphatic carbocycles. The number of carboxylic acid groups (broad SMARTS) is 1. The van der Waals surface area contributed by atoms with Gasteiger partial charge >= 0.3 is 22.3 Å². The molecule has 4 amide bonds. The van der Waals surface area contributed by atoms with Crippen molar-refractivity contribution >= 4 is 56.3 Å². The first kappa shape index (κ1) is 30.5. The van der Waals surface area contributed by atoms with Gasteiger partial charge in [0, 0.05) is 24.8 Å². The Morgan fingerprint density at radius 2 is 2.02 bits per heavy atom. The Labute approximate surface area is 241 Å². The van der Waals surface area contributed by atoms with Crippen LogP contribution < -0.4 is 27.4 Å². The fraction of sp³-hybridized carbons (Fsp3) is 0.500. The summed E-state index contributed by atoms with van der Waals surface area (Å²) in [5.41, 5.74) is 9.11. The van der Waals surface area contributed by atoms with Crippen LogP contribution in [-0.4, -0.2) is 103 Å². The molecule has 20 nitrogen and oxygen atoms in total. The lowest BCUT2D eigenvalue weighted by atomic mass is 9.98. The highest BCUT2D eigenvalue weighted by Crippen LogP contribution is 2.40. The molecule has 4 rings (SSSR count). The first-order valence-electron chi connectivity index (χ1n) is 12.3. The second kappa shape index (κ2) is 12.2. The summed E-state index contributed by atoms with van der Waals surface area (Å²) in [6.07, 6.45) is 2.18. The number of nitrogen functional groups attached to an aromatic ring is 1. The van der Waals surface area contributed by atoms with Crippen molar-refractivity contribution in [2.24, 2.45) is 10.9 Å². The number of nitrogens with two attached hydrogens (primary N) is 2. The van der Waals surface area contributed by atoms with Gasteiger partial charge in [0.15, 0.2) is 10.8 Å². The van der Waals surface area contributed by atoms with E-state index in [1.807, 2.05) is 0 Å². The van der Waals surface area contributed by atoms with Crippen LogP contribution in [-0.2, 0) is 42.6 Å². The number of aliphatic carboxylic acids is 1. The Morgan fingerprint density at radius 1 is 1.29 bits per heavy atom. The van der Waals surface area contributed by atoms with Gasteiger partial charge in [-0.1, -0.05) is 5.16 Å². The number of amides is 4. The summed E-state index contributed by atoms with van der Waals surface area (Å²) in [5.74, 6) is -3.50. The van der Waals surface area contributed by atoms with Gasteiger partial charge < -0.3 is 37.4 Å². The molecule has 9 N–H and O–H groups in total. The van der Waals surface area contributed by atoms with E-state index in [1.54, 1.807) is 0 Å². The second-order valence-electron chi connectivity index (χ2n) is 9.17. The van der Waals surface area contributed by atoms with Crippen LogP contribution in [0.15, 0.2) is 16.7 Å². The van der Waals surface area contributed by atoms with Gasteiger partial charge in [0.1, 0.15) is 23.5 Å². The summed E-state index contributed by atoms with van der Waals surface area (Å²) < 4.78 is 33.6. The van der Waals surface area contributed by atoms with Crippen molar-refractivity contribution < 1.29 is 42.1 Å². The van der Waals surface area contributed by atoms with Gasteiger partial charge in [0.2, 0.25) is 5.60 Å². The molecule has 1 saturated heterocycles. The monoisotopic (exact) mass is 629 g/mol. The number of anilines is 1. The molecule has 0 aromatic carbocycles. The van der Waals surface area contributed by atoms with E-state index in [1.165, 1.54) is 11.6 Å². The summed E-state index contributed by atoms with van der Waals surface area (Å²) in [6, 6.07) is -3.35. The van der Waals surface area contributed by atoms with Crippen molar-refractivity contribution in [1.29, 1.82) is 0 Å². The van der Waals surface area contributed by atoms with Crippen molar-refractivity contribution in [1.82, 2.24) is 40.2 Å². The first-order chi connectivity index (χ1) is 19.8. The molecular formula is C20H27N11O9S2. The third-order valence-corrected chi connectivity index (χ3v) is 7.74. The molecular weight excluding hydrogens is 602 g/mol. The summed E-state index contributed by atoms with van der Waals surface area (Å²) in [7, 11) is -5.04. The van der Waals surface area contributed by atoms with Crippen LogP contribution in [0, 0.1) is 0 Å². The number of carbonyl (C=O) groups is 4.